The quantitative estimate of drug-likeness (QED) is 0.872. The highest BCUT2D eigenvalue weighted by molar-refractivity contribution is 8.00. The van der Waals surface area contributed by atoms with Crippen molar-refractivity contribution in [2.24, 2.45) is 0 Å². The van der Waals surface area contributed by atoms with Crippen LogP contribution in [0.15, 0.2) is 23.1 Å². The summed E-state index contributed by atoms with van der Waals surface area (Å²) in [5, 5.41) is -0.0423. The van der Waals surface area contributed by atoms with E-state index in [1.807, 2.05) is 0 Å². The van der Waals surface area contributed by atoms with Gasteiger partial charge in [0.05, 0.1) is 5.25 Å². The summed E-state index contributed by atoms with van der Waals surface area (Å²) in [5.74, 6) is -0.349. The molecule has 106 valence electrons. The molecule has 2 unspecified atom stereocenters. The largest absolute Gasteiger partial charge is 0.399 e. The Labute approximate surface area is 117 Å². The van der Waals surface area contributed by atoms with Gasteiger partial charge in [-0.25, -0.2) is 12.8 Å². The van der Waals surface area contributed by atoms with Crippen molar-refractivity contribution in [3.8, 4) is 0 Å². The van der Waals surface area contributed by atoms with Crippen molar-refractivity contribution in [2.75, 3.05) is 12.0 Å². The number of anilines is 1. The van der Waals surface area contributed by atoms with E-state index in [-0.39, 0.29) is 16.3 Å². The van der Waals surface area contributed by atoms with Gasteiger partial charge >= 0.3 is 0 Å². The summed E-state index contributed by atoms with van der Waals surface area (Å²) in [6, 6.07) is 4.47. The molecule has 2 rings (SSSR count). The summed E-state index contributed by atoms with van der Waals surface area (Å²) >= 11 is 1.53. The maximum absolute atomic E-state index is 13.3. The third-order valence-electron chi connectivity index (χ3n) is 3.38. The molecule has 6 heteroatoms. The average Bonchev–Trinajstić information content (AvgIpc) is 2.26. The molecule has 0 heterocycles. The number of nitrogen functional groups attached to an aromatic ring is 1. The van der Waals surface area contributed by atoms with Crippen molar-refractivity contribution in [3.63, 3.8) is 0 Å². The van der Waals surface area contributed by atoms with Crippen LogP contribution in [-0.2, 0) is 9.84 Å². The van der Waals surface area contributed by atoms with E-state index < -0.39 is 9.84 Å². The Kier molecular flexibility index (Phi) is 4.40. The van der Waals surface area contributed by atoms with E-state index >= 15 is 0 Å². The lowest BCUT2D eigenvalue weighted by molar-refractivity contribution is 0.495. The number of hydrogen-bond acceptors (Lipinski definition) is 4. The van der Waals surface area contributed by atoms with Gasteiger partial charge in [0.2, 0.25) is 0 Å². The minimum atomic E-state index is -2.98. The number of sulfone groups is 1. The molecule has 3 nitrogen and oxygen atoms in total. The van der Waals surface area contributed by atoms with Crippen LogP contribution >= 0.6 is 11.8 Å². The summed E-state index contributed by atoms with van der Waals surface area (Å²) in [5.41, 5.74) is 6.01. The van der Waals surface area contributed by atoms with Gasteiger partial charge in [-0.05, 0) is 37.5 Å². The Hall–Kier alpha value is -0.750. The summed E-state index contributed by atoms with van der Waals surface area (Å²) in [4.78, 5) is 0.775. The van der Waals surface area contributed by atoms with Crippen molar-refractivity contribution in [1.82, 2.24) is 0 Å². The zero-order chi connectivity index (χ0) is 14.0. The molecular weight excluding hydrogens is 285 g/mol. The molecule has 0 spiro atoms. The summed E-state index contributed by atoms with van der Waals surface area (Å²) < 4.78 is 36.5. The zero-order valence-corrected chi connectivity index (χ0v) is 12.4. The van der Waals surface area contributed by atoms with E-state index in [4.69, 9.17) is 5.73 Å². The van der Waals surface area contributed by atoms with Crippen molar-refractivity contribution in [3.05, 3.63) is 24.0 Å². The molecule has 1 aromatic carbocycles. The summed E-state index contributed by atoms with van der Waals surface area (Å²) in [6.07, 6.45) is 4.54. The van der Waals surface area contributed by atoms with E-state index in [1.165, 1.54) is 30.2 Å². The first kappa shape index (κ1) is 14.7. The highest BCUT2D eigenvalue weighted by Gasteiger charge is 2.29. The number of thioether (sulfide) groups is 1. The lowest BCUT2D eigenvalue weighted by Gasteiger charge is -2.27. The van der Waals surface area contributed by atoms with Gasteiger partial charge in [-0.15, -0.1) is 11.8 Å². The fourth-order valence-corrected chi connectivity index (χ4v) is 5.12. The maximum atomic E-state index is 13.3. The molecule has 0 saturated heterocycles. The lowest BCUT2D eigenvalue weighted by atomic mass is 10.00. The lowest BCUT2D eigenvalue weighted by Crippen LogP contribution is -2.28. The molecule has 0 aromatic heterocycles. The number of nitrogens with two attached hydrogens (primary N) is 1. The molecule has 1 saturated carbocycles. The van der Waals surface area contributed by atoms with Crippen LogP contribution in [-0.4, -0.2) is 25.2 Å². The molecule has 1 aliphatic rings. The van der Waals surface area contributed by atoms with Crippen molar-refractivity contribution >= 4 is 27.3 Å². The van der Waals surface area contributed by atoms with Crippen LogP contribution in [0.5, 0.6) is 0 Å². The second-order valence-electron chi connectivity index (χ2n) is 5.08. The van der Waals surface area contributed by atoms with Gasteiger partial charge in [0.15, 0.2) is 0 Å². The van der Waals surface area contributed by atoms with E-state index in [2.05, 4.69) is 0 Å². The summed E-state index contributed by atoms with van der Waals surface area (Å²) in [6.45, 7) is 0. The molecule has 0 bridgehead atoms. The van der Waals surface area contributed by atoms with E-state index in [0.717, 1.165) is 24.2 Å². The Morgan fingerprint density at radius 3 is 2.68 bits per heavy atom. The minimum absolute atomic E-state index is 0.217. The van der Waals surface area contributed by atoms with Crippen LogP contribution in [0.2, 0.25) is 0 Å². The van der Waals surface area contributed by atoms with Crippen LogP contribution in [0.3, 0.4) is 0 Å². The van der Waals surface area contributed by atoms with Gasteiger partial charge < -0.3 is 5.73 Å². The Balaban J connectivity index is 2.06. The van der Waals surface area contributed by atoms with Crippen molar-refractivity contribution in [1.29, 1.82) is 0 Å². The minimum Gasteiger partial charge on any atom is -0.399 e. The standard InChI is InChI=1S/C13H18FNO2S2/c1-19(16,17)13-4-2-3-11(8-13)18-12-6-9(14)5-10(15)7-12/h5-7,11,13H,2-4,8,15H2,1H3. The van der Waals surface area contributed by atoms with Gasteiger partial charge in [0.1, 0.15) is 15.7 Å². The summed E-state index contributed by atoms with van der Waals surface area (Å²) in [7, 11) is -2.98. The fourth-order valence-electron chi connectivity index (χ4n) is 2.44. The first-order valence-corrected chi connectivity index (χ1v) is 9.09. The highest BCUT2D eigenvalue weighted by Crippen LogP contribution is 2.36. The van der Waals surface area contributed by atoms with E-state index in [1.54, 1.807) is 6.07 Å². The predicted octanol–water partition coefficient (Wildman–Crippen LogP) is 2.86. The maximum Gasteiger partial charge on any atom is 0.150 e. The highest BCUT2D eigenvalue weighted by atomic mass is 32.2. The Morgan fingerprint density at radius 1 is 1.32 bits per heavy atom. The number of halogens is 1. The smallest absolute Gasteiger partial charge is 0.150 e. The van der Waals surface area contributed by atoms with E-state index in [9.17, 15) is 12.8 Å². The third-order valence-corrected chi connectivity index (χ3v) is 6.29. The molecule has 1 aliphatic carbocycles. The SMILES string of the molecule is CS(=O)(=O)C1CCCC(Sc2cc(N)cc(F)c2)C1. The van der Waals surface area contributed by atoms with Crippen LogP contribution in [0.4, 0.5) is 10.1 Å². The molecule has 2 atom stereocenters. The van der Waals surface area contributed by atoms with Crippen LogP contribution in [0, 0.1) is 5.82 Å². The Bertz CT molecular complexity index is 540. The van der Waals surface area contributed by atoms with E-state index in [0.29, 0.717) is 12.1 Å². The topological polar surface area (TPSA) is 60.2 Å². The molecule has 1 fully saturated rings. The van der Waals surface area contributed by atoms with Gasteiger partial charge in [-0.3, -0.25) is 0 Å². The molecule has 0 aliphatic heterocycles. The molecular formula is C13H18FNO2S2. The van der Waals surface area contributed by atoms with Gasteiger partial charge in [-0.2, -0.15) is 0 Å². The van der Waals surface area contributed by atoms with Crippen molar-refractivity contribution in [2.45, 2.75) is 41.1 Å². The number of rotatable bonds is 3. The molecule has 1 aromatic rings. The zero-order valence-electron chi connectivity index (χ0n) is 10.8. The van der Waals surface area contributed by atoms with Gasteiger partial charge in [0.25, 0.3) is 0 Å². The normalized spacial score (nSPS) is 24.3. The first-order valence-electron chi connectivity index (χ1n) is 6.26. The van der Waals surface area contributed by atoms with Crippen molar-refractivity contribution < 1.29 is 12.8 Å². The molecule has 0 amide bonds. The second kappa shape index (κ2) is 5.71. The molecule has 0 radical (unpaired) electrons. The van der Waals surface area contributed by atoms with Gasteiger partial charge in [0, 0.05) is 22.1 Å². The van der Waals surface area contributed by atoms with Crippen LogP contribution in [0.1, 0.15) is 25.7 Å². The monoisotopic (exact) mass is 303 g/mol. The average molecular weight is 303 g/mol. The molecule has 19 heavy (non-hydrogen) atoms. The third kappa shape index (κ3) is 4.11. The first-order chi connectivity index (χ1) is 8.84. The Morgan fingerprint density at radius 2 is 2.05 bits per heavy atom. The second-order valence-corrected chi connectivity index (χ2v) is 8.78. The van der Waals surface area contributed by atoms with Crippen LogP contribution < -0.4 is 5.73 Å². The predicted molar refractivity (Wildman–Crippen MR) is 77.6 cm³/mol. The fraction of sp³-hybridized carbons (Fsp3) is 0.538. The number of hydrogen-bond donors (Lipinski definition) is 1. The van der Waals surface area contributed by atoms with Crippen LogP contribution in [0.25, 0.3) is 0 Å². The molecule has 2 N–H and O–H groups in total. The van der Waals surface area contributed by atoms with Gasteiger partial charge in [-0.1, -0.05) is 6.42 Å². The number of benzene rings is 1.